The van der Waals surface area contributed by atoms with Crippen LogP contribution in [0, 0.1) is 0 Å². The second kappa shape index (κ2) is 15.6. The van der Waals surface area contributed by atoms with Crippen LogP contribution in [-0.4, -0.2) is 19.3 Å². The summed E-state index contributed by atoms with van der Waals surface area (Å²) in [4.78, 5) is 0. The van der Waals surface area contributed by atoms with Gasteiger partial charge in [0.15, 0.2) is 0 Å². The van der Waals surface area contributed by atoms with Gasteiger partial charge in [0.1, 0.15) is 18.5 Å². The predicted octanol–water partition coefficient (Wildman–Crippen LogP) is 7.65. The van der Waals surface area contributed by atoms with Gasteiger partial charge in [-0.3, -0.25) is 0 Å². The van der Waals surface area contributed by atoms with Crippen molar-refractivity contribution in [3.63, 3.8) is 0 Å². The third kappa shape index (κ3) is 12.2. The van der Waals surface area contributed by atoms with Crippen molar-refractivity contribution < 1.29 is 9.47 Å². The molecule has 1 aromatic carbocycles. The Morgan fingerprint density at radius 1 is 0.893 bits per heavy atom. The van der Waals surface area contributed by atoms with E-state index in [0.717, 1.165) is 18.8 Å². The summed E-state index contributed by atoms with van der Waals surface area (Å²) in [5.41, 5.74) is 1.38. The Labute approximate surface area is 173 Å². The Morgan fingerprint density at radius 2 is 1.54 bits per heavy atom. The zero-order chi connectivity index (χ0) is 19.7. The minimum absolute atomic E-state index is 0.325. The van der Waals surface area contributed by atoms with E-state index in [4.69, 9.17) is 9.47 Å². The van der Waals surface area contributed by atoms with Crippen LogP contribution in [-0.2, 0) is 11.2 Å². The van der Waals surface area contributed by atoms with Crippen molar-refractivity contribution in [1.82, 2.24) is 0 Å². The van der Waals surface area contributed by atoms with E-state index >= 15 is 0 Å². The number of hydrogen-bond acceptors (Lipinski definition) is 2. The van der Waals surface area contributed by atoms with Gasteiger partial charge in [0.05, 0.1) is 6.61 Å². The van der Waals surface area contributed by atoms with Gasteiger partial charge in [-0.1, -0.05) is 82.6 Å². The summed E-state index contributed by atoms with van der Waals surface area (Å²) < 4.78 is 11.0. The third-order valence-corrected chi connectivity index (χ3v) is 5.46. The van der Waals surface area contributed by atoms with Crippen LogP contribution in [0.5, 0.6) is 5.75 Å². The normalized spacial score (nSPS) is 16.0. The third-order valence-electron chi connectivity index (χ3n) is 5.46. The van der Waals surface area contributed by atoms with Gasteiger partial charge in [0.25, 0.3) is 0 Å². The van der Waals surface area contributed by atoms with Crippen LogP contribution in [0.1, 0.15) is 96.0 Å². The number of allylic oxidation sites excluding steroid dienone is 2. The molecule has 0 N–H and O–H groups in total. The first-order valence-electron chi connectivity index (χ1n) is 11.9. The highest BCUT2D eigenvalue weighted by Gasteiger charge is 2.22. The van der Waals surface area contributed by atoms with E-state index in [9.17, 15) is 0 Å². The molecule has 0 amide bonds. The smallest absolute Gasteiger partial charge is 0.119 e. The fourth-order valence-corrected chi connectivity index (χ4v) is 3.54. The molecule has 0 spiro atoms. The molecule has 2 heteroatoms. The molecule has 1 aromatic rings. The van der Waals surface area contributed by atoms with Crippen LogP contribution >= 0.6 is 0 Å². The fourth-order valence-electron chi connectivity index (χ4n) is 3.54. The summed E-state index contributed by atoms with van der Waals surface area (Å²) in [6.07, 6.45) is 24.0. The molecule has 2 nitrogen and oxygen atoms in total. The lowest BCUT2D eigenvalue weighted by Gasteiger charge is -2.06. The van der Waals surface area contributed by atoms with E-state index in [0.29, 0.717) is 12.7 Å². The molecule has 0 saturated carbocycles. The van der Waals surface area contributed by atoms with E-state index in [2.05, 4.69) is 37.3 Å². The topological polar surface area (TPSA) is 21.8 Å². The van der Waals surface area contributed by atoms with Crippen molar-refractivity contribution in [2.24, 2.45) is 0 Å². The molecule has 1 heterocycles. The Balaban J connectivity index is 1.38. The molecule has 0 radical (unpaired) electrons. The molecular formula is C26H42O2. The number of aryl methyl sites for hydroxylation is 1. The predicted molar refractivity (Wildman–Crippen MR) is 120 cm³/mol. The second-order valence-electron chi connectivity index (χ2n) is 8.25. The highest BCUT2D eigenvalue weighted by Crippen LogP contribution is 2.18. The number of rotatable bonds is 18. The van der Waals surface area contributed by atoms with E-state index in [-0.39, 0.29) is 0 Å². The zero-order valence-corrected chi connectivity index (χ0v) is 18.2. The maximum absolute atomic E-state index is 5.76. The standard InChI is InChI=1S/C26H42O2/c1-2-3-4-5-6-7-8-9-10-11-12-13-14-15-16-18-24-19-17-20-25(21-24)27-22-26-23-28-26/h12-13,17,19-21,26H,2-11,14-16,18,22-23H2,1H3/b13-12+. The quantitative estimate of drug-likeness (QED) is 0.147. The minimum atomic E-state index is 0.325. The van der Waals surface area contributed by atoms with Crippen molar-refractivity contribution in [2.75, 3.05) is 13.2 Å². The molecule has 1 saturated heterocycles. The van der Waals surface area contributed by atoms with Crippen LogP contribution in [0.3, 0.4) is 0 Å². The highest BCUT2D eigenvalue weighted by molar-refractivity contribution is 5.28. The van der Waals surface area contributed by atoms with E-state index in [1.54, 1.807) is 0 Å². The first kappa shape index (κ1) is 23.0. The van der Waals surface area contributed by atoms with Gasteiger partial charge in [0, 0.05) is 0 Å². The molecule has 1 aliphatic heterocycles. The monoisotopic (exact) mass is 386 g/mol. The fraction of sp³-hybridized carbons (Fsp3) is 0.692. The number of benzene rings is 1. The summed E-state index contributed by atoms with van der Waals surface area (Å²) >= 11 is 0. The van der Waals surface area contributed by atoms with Crippen LogP contribution in [0.25, 0.3) is 0 Å². The van der Waals surface area contributed by atoms with Gasteiger partial charge < -0.3 is 9.47 Å². The second-order valence-corrected chi connectivity index (χ2v) is 8.25. The highest BCUT2D eigenvalue weighted by atomic mass is 16.6. The van der Waals surface area contributed by atoms with Crippen LogP contribution in [0.15, 0.2) is 36.4 Å². The Morgan fingerprint density at radius 3 is 2.21 bits per heavy atom. The van der Waals surface area contributed by atoms with Crippen molar-refractivity contribution in [3.05, 3.63) is 42.0 Å². The molecule has 158 valence electrons. The van der Waals surface area contributed by atoms with Gasteiger partial charge in [-0.2, -0.15) is 0 Å². The number of hydrogen-bond donors (Lipinski definition) is 0. The van der Waals surface area contributed by atoms with Gasteiger partial charge in [0.2, 0.25) is 0 Å². The summed E-state index contributed by atoms with van der Waals surface area (Å²) in [5, 5.41) is 0. The lowest BCUT2D eigenvalue weighted by atomic mass is 10.1. The van der Waals surface area contributed by atoms with Crippen molar-refractivity contribution in [2.45, 2.75) is 103 Å². The molecule has 1 aliphatic rings. The van der Waals surface area contributed by atoms with Gasteiger partial charge >= 0.3 is 0 Å². The Hall–Kier alpha value is -1.28. The minimum Gasteiger partial charge on any atom is -0.491 e. The molecule has 1 unspecified atom stereocenters. The number of ether oxygens (including phenoxy) is 2. The maximum atomic E-state index is 5.76. The number of epoxide rings is 1. The first-order chi connectivity index (χ1) is 13.9. The molecule has 28 heavy (non-hydrogen) atoms. The molecule has 0 aliphatic carbocycles. The summed E-state index contributed by atoms with van der Waals surface area (Å²) in [5.74, 6) is 0.980. The largest absolute Gasteiger partial charge is 0.491 e. The first-order valence-corrected chi connectivity index (χ1v) is 11.9. The van der Waals surface area contributed by atoms with Gasteiger partial charge in [-0.15, -0.1) is 0 Å². The van der Waals surface area contributed by atoms with E-state index < -0.39 is 0 Å². The molecule has 1 atom stereocenters. The Kier molecular flexibility index (Phi) is 12.8. The van der Waals surface area contributed by atoms with Gasteiger partial charge in [-0.25, -0.2) is 0 Å². The molecule has 0 bridgehead atoms. The molecule has 0 aromatic heterocycles. The van der Waals surface area contributed by atoms with Crippen LogP contribution < -0.4 is 4.74 Å². The SMILES string of the molecule is CCCCCCCCCCC/C=C/CCCCc1cccc(OCC2CO2)c1. The molecule has 2 rings (SSSR count). The lowest BCUT2D eigenvalue weighted by molar-refractivity contribution is 0.263. The number of unbranched alkanes of at least 4 members (excludes halogenated alkanes) is 11. The van der Waals surface area contributed by atoms with E-state index in [1.807, 2.05) is 6.07 Å². The summed E-state index contributed by atoms with van der Waals surface area (Å²) in [6.45, 7) is 3.83. The lowest BCUT2D eigenvalue weighted by Crippen LogP contribution is -2.04. The maximum Gasteiger partial charge on any atom is 0.119 e. The van der Waals surface area contributed by atoms with Gasteiger partial charge in [-0.05, 0) is 56.2 Å². The average molecular weight is 387 g/mol. The average Bonchev–Trinajstić information content (AvgIpc) is 3.54. The van der Waals surface area contributed by atoms with Crippen molar-refractivity contribution in [1.29, 1.82) is 0 Å². The zero-order valence-electron chi connectivity index (χ0n) is 18.2. The molecular weight excluding hydrogens is 344 g/mol. The summed E-state index contributed by atoms with van der Waals surface area (Å²) in [6, 6.07) is 8.53. The van der Waals surface area contributed by atoms with Crippen LogP contribution in [0.4, 0.5) is 0 Å². The van der Waals surface area contributed by atoms with Crippen molar-refractivity contribution in [3.8, 4) is 5.75 Å². The Bertz CT molecular complexity index is 519. The summed E-state index contributed by atoms with van der Waals surface area (Å²) in [7, 11) is 0. The van der Waals surface area contributed by atoms with Crippen molar-refractivity contribution >= 4 is 0 Å². The van der Waals surface area contributed by atoms with E-state index in [1.165, 1.54) is 89.0 Å². The molecule has 1 fully saturated rings. The van der Waals surface area contributed by atoms with Crippen LogP contribution in [0.2, 0.25) is 0 Å².